The van der Waals surface area contributed by atoms with E-state index in [0.29, 0.717) is 16.1 Å². The summed E-state index contributed by atoms with van der Waals surface area (Å²) >= 11 is 5.84. The molecule has 1 heterocycles. The van der Waals surface area contributed by atoms with E-state index in [1.54, 1.807) is 30.3 Å². The molecule has 0 atom stereocenters. The zero-order valence-electron chi connectivity index (χ0n) is 15.6. The lowest BCUT2D eigenvalue weighted by Crippen LogP contribution is -2.20. The standard InChI is InChI=1S/C22H22ClNO4/c1-2-3-4-5-6-14-11-15-12-18(22(27)28-20(15)13-19(14)25)21(26)24-17-9-7-16(23)8-10-17/h7-13,25H,2-6H2,1H3,(H,24,26). The number of rotatable bonds is 7. The van der Waals surface area contributed by atoms with Crippen molar-refractivity contribution < 1.29 is 14.3 Å². The van der Waals surface area contributed by atoms with Crippen LogP contribution in [0.2, 0.25) is 5.02 Å². The Hall–Kier alpha value is -2.79. The van der Waals surface area contributed by atoms with E-state index in [1.165, 1.54) is 12.1 Å². The summed E-state index contributed by atoms with van der Waals surface area (Å²) in [6, 6.07) is 11.3. The normalized spacial score (nSPS) is 10.9. The highest BCUT2D eigenvalue weighted by Crippen LogP contribution is 2.26. The number of amides is 1. The van der Waals surface area contributed by atoms with Gasteiger partial charge in [0.1, 0.15) is 16.9 Å². The van der Waals surface area contributed by atoms with Gasteiger partial charge in [-0.1, -0.05) is 37.8 Å². The van der Waals surface area contributed by atoms with Gasteiger partial charge in [-0.25, -0.2) is 4.79 Å². The van der Waals surface area contributed by atoms with Gasteiger partial charge >= 0.3 is 5.63 Å². The molecule has 0 unspecified atom stereocenters. The maximum atomic E-state index is 12.5. The van der Waals surface area contributed by atoms with Crippen molar-refractivity contribution in [2.45, 2.75) is 39.0 Å². The fourth-order valence-corrected chi connectivity index (χ4v) is 3.16. The number of halogens is 1. The summed E-state index contributed by atoms with van der Waals surface area (Å²) < 4.78 is 5.25. The molecule has 0 saturated heterocycles. The summed E-state index contributed by atoms with van der Waals surface area (Å²) in [5, 5.41) is 14.0. The van der Waals surface area contributed by atoms with E-state index in [1.807, 2.05) is 0 Å². The Morgan fingerprint density at radius 1 is 1.11 bits per heavy atom. The summed E-state index contributed by atoms with van der Waals surface area (Å²) in [6.07, 6.45) is 5.08. The van der Waals surface area contributed by atoms with Crippen LogP contribution in [0.4, 0.5) is 5.69 Å². The molecule has 0 radical (unpaired) electrons. The molecular weight excluding hydrogens is 378 g/mol. The number of hydrogen-bond donors (Lipinski definition) is 2. The second kappa shape index (κ2) is 8.93. The number of phenols is 1. The largest absolute Gasteiger partial charge is 0.508 e. The van der Waals surface area contributed by atoms with Gasteiger partial charge in [-0.15, -0.1) is 0 Å². The molecule has 1 aromatic heterocycles. The third-order valence-corrected chi connectivity index (χ3v) is 4.83. The Morgan fingerprint density at radius 3 is 2.57 bits per heavy atom. The lowest BCUT2D eigenvalue weighted by atomic mass is 10.0. The molecule has 6 heteroatoms. The first-order chi connectivity index (χ1) is 13.5. The summed E-state index contributed by atoms with van der Waals surface area (Å²) in [4.78, 5) is 24.7. The maximum absolute atomic E-state index is 12.5. The van der Waals surface area contributed by atoms with Gasteiger partial charge in [0, 0.05) is 22.2 Å². The average molecular weight is 400 g/mol. The molecule has 3 aromatic rings. The molecule has 0 fully saturated rings. The van der Waals surface area contributed by atoms with Crippen LogP contribution in [0.5, 0.6) is 5.75 Å². The van der Waals surface area contributed by atoms with Crippen molar-refractivity contribution in [3.63, 3.8) is 0 Å². The van der Waals surface area contributed by atoms with E-state index >= 15 is 0 Å². The smallest absolute Gasteiger partial charge is 0.349 e. The van der Waals surface area contributed by atoms with Crippen molar-refractivity contribution in [1.82, 2.24) is 0 Å². The molecule has 5 nitrogen and oxygen atoms in total. The highest BCUT2D eigenvalue weighted by atomic mass is 35.5. The van der Waals surface area contributed by atoms with Crippen LogP contribution >= 0.6 is 11.6 Å². The Morgan fingerprint density at radius 2 is 1.86 bits per heavy atom. The number of anilines is 1. The third-order valence-electron chi connectivity index (χ3n) is 4.58. The van der Waals surface area contributed by atoms with Crippen LogP contribution in [-0.2, 0) is 6.42 Å². The monoisotopic (exact) mass is 399 g/mol. The first-order valence-corrected chi connectivity index (χ1v) is 9.72. The van der Waals surface area contributed by atoms with Crippen LogP contribution in [0.3, 0.4) is 0 Å². The number of fused-ring (bicyclic) bond motifs is 1. The number of phenolic OH excluding ortho intramolecular Hbond substituents is 1. The van der Waals surface area contributed by atoms with E-state index < -0.39 is 11.5 Å². The molecule has 0 spiro atoms. The summed E-state index contributed by atoms with van der Waals surface area (Å²) in [5.41, 5.74) is 0.708. The molecule has 28 heavy (non-hydrogen) atoms. The second-order valence-corrected chi connectivity index (χ2v) is 7.17. The molecule has 1 amide bonds. The predicted octanol–water partition coefficient (Wildman–Crippen LogP) is 5.53. The molecule has 0 aliphatic carbocycles. The summed E-state index contributed by atoms with van der Waals surface area (Å²) in [7, 11) is 0. The molecule has 146 valence electrons. The van der Waals surface area contributed by atoms with Gasteiger partial charge in [0.15, 0.2) is 0 Å². The number of aryl methyl sites for hydroxylation is 1. The highest BCUT2D eigenvalue weighted by molar-refractivity contribution is 6.30. The number of benzene rings is 2. The summed E-state index contributed by atoms with van der Waals surface area (Å²) in [5.74, 6) is -0.457. The first kappa shape index (κ1) is 20.0. The van der Waals surface area contributed by atoms with Gasteiger partial charge in [-0.3, -0.25) is 4.79 Å². The number of aromatic hydroxyl groups is 1. The molecule has 3 rings (SSSR count). The Kier molecular flexibility index (Phi) is 6.37. The SMILES string of the molecule is CCCCCCc1cc2cc(C(=O)Nc3ccc(Cl)cc3)c(=O)oc2cc1O. The minimum absolute atomic E-state index is 0.0925. The number of carbonyl (C=O) groups excluding carboxylic acids is 1. The van der Waals surface area contributed by atoms with Crippen molar-refractivity contribution in [3.8, 4) is 5.75 Å². The van der Waals surface area contributed by atoms with E-state index in [4.69, 9.17) is 16.0 Å². The van der Waals surface area contributed by atoms with Crippen molar-refractivity contribution in [2.75, 3.05) is 5.32 Å². The first-order valence-electron chi connectivity index (χ1n) is 9.34. The van der Waals surface area contributed by atoms with Crippen LogP contribution in [-0.4, -0.2) is 11.0 Å². The molecular formula is C22H22ClNO4. The Labute approximate surface area is 167 Å². The number of carbonyl (C=O) groups is 1. The number of hydrogen-bond acceptors (Lipinski definition) is 4. The van der Waals surface area contributed by atoms with Crippen molar-refractivity contribution in [1.29, 1.82) is 0 Å². The number of nitrogens with one attached hydrogen (secondary N) is 1. The molecule has 2 aromatic carbocycles. The zero-order valence-corrected chi connectivity index (χ0v) is 16.4. The van der Waals surface area contributed by atoms with Crippen molar-refractivity contribution >= 4 is 34.2 Å². The molecule has 0 aliphatic rings. The molecule has 0 saturated carbocycles. The highest BCUT2D eigenvalue weighted by Gasteiger charge is 2.15. The van der Waals surface area contributed by atoms with E-state index in [9.17, 15) is 14.7 Å². The predicted molar refractivity (Wildman–Crippen MR) is 111 cm³/mol. The fourth-order valence-electron chi connectivity index (χ4n) is 3.04. The van der Waals surface area contributed by atoms with E-state index in [0.717, 1.165) is 37.7 Å². The minimum Gasteiger partial charge on any atom is -0.508 e. The minimum atomic E-state index is -0.756. The van der Waals surface area contributed by atoms with Crippen molar-refractivity contribution in [3.05, 3.63) is 69.0 Å². The van der Waals surface area contributed by atoms with Crippen LogP contribution < -0.4 is 10.9 Å². The van der Waals surface area contributed by atoms with Gasteiger partial charge in [-0.2, -0.15) is 0 Å². The fraction of sp³-hybridized carbons (Fsp3) is 0.273. The van der Waals surface area contributed by atoms with Gasteiger partial charge < -0.3 is 14.8 Å². The second-order valence-electron chi connectivity index (χ2n) is 6.74. The summed E-state index contributed by atoms with van der Waals surface area (Å²) in [6.45, 7) is 2.14. The maximum Gasteiger partial charge on any atom is 0.349 e. The molecule has 0 bridgehead atoms. The van der Waals surface area contributed by atoms with Gasteiger partial charge in [0.25, 0.3) is 5.91 Å². The third kappa shape index (κ3) is 4.73. The van der Waals surface area contributed by atoms with Crippen LogP contribution in [0.1, 0.15) is 48.5 Å². The van der Waals surface area contributed by atoms with Crippen molar-refractivity contribution in [2.24, 2.45) is 0 Å². The lowest BCUT2D eigenvalue weighted by molar-refractivity contribution is 0.102. The van der Waals surface area contributed by atoms with Gasteiger partial charge in [0.2, 0.25) is 0 Å². The topological polar surface area (TPSA) is 79.5 Å². The van der Waals surface area contributed by atoms with E-state index in [-0.39, 0.29) is 16.9 Å². The van der Waals surface area contributed by atoms with Crippen LogP contribution in [0.15, 0.2) is 51.7 Å². The van der Waals surface area contributed by atoms with Gasteiger partial charge in [-0.05, 0) is 54.8 Å². The van der Waals surface area contributed by atoms with E-state index in [2.05, 4.69) is 12.2 Å². The van der Waals surface area contributed by atoms with Gasteiger partial charge in [0.05, 0.1) is 0 Å². The average Bonchev–Trinajstić information content (AvgIpc) is 2.67. The Bertz CT molecular complexity index is 1040. The Balaban J connectivity index is 1.87. The van der Waals surface area contributed by atoms with Crippen LogP contribution in [0, 0.1) is 0 Å². The number of unbranched alkanes of at least 4 members (excludes halogenated alkanes) is 3. The zero-order chi connectivity index (χ0) is 20.1. The molecule has 0 aliphatic heterocycles. The molecule has 2 N–H and O–H groups in total. The quantitative estimate of drug-likeness (QED) is 0.404. The van der Waals surface area contributed by atoms with Crippen LogP contribution in [0.25, 0.3) is 11.0 Å². The lowest BCUT2D eigenvalue weighted by Gasteiger charge is -2.08.